The number of rotatable bonds is 10. The molecule has 3 aromatic rings. The molecule has 168 valence electrons. The van der Waals surface area contributed by atoms with E-state index in [-0.39, 0.29) is 16.2 Å². The topological polar surface area (TPSA) is 104 Å². The maximum Gasteiger partial charge on any atom is 0.335 e. The van der Waals surface area contributed by atoms with Gasteiger partial charge in [-0.3, -0.25) is 0 Å². The largest absolute Gasteiger partial charge is 0.478 e. The quantitative estimate of drug-likeness (QED) is 0.386. The summed E-state index contributed by atoms with van der Waals surface area (Å²) in [6.45, 7) is 1.01. The van der Waals surface area contributed by atoms with Gasteiger partial charge in [0, 0.05) is 11.6 Å². The Bertz CT molecular complexity index is 1160. The lowest BCUT2D eigenvalue weighted by molar-refractivity contribution is 0.0697. The molecule has 1 atom stereocenters. The molecule has 0 radical (unpaired) electrons. The van der Waals surface area contributed by atoms with E-state index in [1.807, 2.05) is 6.07 Å². The van der Waals surface area contributed by atoms with Crippen LogP contribution >= 0.6 is 11.6 Å². The minimum Gasteiger partial charge on any atom is -0.478 e. The van der Waals surface area contributed by atoms with Gasteiger partial charge in [0.05, 0.1) is 22.3 Å². The number of carbonyl (C=O) groups is 1. The normalized spacial score (nSPS) is 12.4. The van der Waals surface area contributed by atoms with Crippen LogP contribution in [-0.2, 0) is 22.0 Å². The van der Waals surface area contributed by atoms with E-state index in [0.29, 0.717) is 30.1 Å². The first kappa shape index (κ1) is 23.9. The maximum atomic E-state index is 12.7. The SMILES string of the molecule is O=C(O)c1ccc(CS(=O)(=O)c2ccc(CCNC[C@H](O)c3cccc(Cl)c3)cc2)cc1. The summed E-state index contributed by atoms with van der Waals surface area (Å²) in [6, 6.07) is 19.6. The summed E-state index contributed by atoms with van der Waals surface area (Å²) in [5.74, 6) is -1.25. The van der Waals surface area contributed by atoms with Crippen molar-refractivity contribution in [3.05, 3.63) is 100 Å². The Kier molecular flexibility index (Phi) is 8.04. The van der Waals surface area contributed by atoms with E-state index in [9.17, 15) is 18.3 Å². The number of nitrogens with one attached hydrogen (secondary N) is 1. The first-order chi connectivity index (χ1) is 15.2. The van der Waals surface area contributed by atoms with E-state index in [2.05, 4.69) is 5.32 Å². The highest BCUT2D eigenvalue weighted by Gasteiger charge is 2.16. The van der Waals surface area contributed by atoms with Crippen LogP contribution in [-0.4, -0.2) is 37.7 Å². The Morgan fingerprint density at radius 1 is 0.969 bits per heavy atom. The third-order valence-electron chi connectivity index (χ3n) is 5.00. The van der Waals surface area contributed by atoms with Crippen molar-refractivity contribution in [3.63, 3.8) is 0 Å². The highest BCUT2D eigenvalue weighted by atomic mass is 35.5. The van der Waals surface area contributed by atoms with Gasteiger partial charge >= 0.3 is 5.97 Å². The summed E-state index contributed by atoms with van der Waals surface area (Å²) < 4.78 is 25.3. The first-order valence-corrected chi connectivity index (χ1v) is 12.1. The van der Waals surface area contributed by atoms with E-state index in [1.165, 1.54) is 24.3 Å². The lowest BCUT2D eigenvalue weighted by Gasteiger charge is -2.12. The van der Waals surface area contributed by atoms with Crippen LogP contribution in [0, 0.1) is 0 Å². The third-order valence-corrected chi connectivity index (χ3v) is 6.94. The van der Waals surface area contributed by atoms with Crippen LogP contribution in [0.5, 0.6) is 0 Å². The zero-order valence-corrected chi connectivity index (χ0v) is 18.8. The van der Waals surface area contributed by atoms with Gasteiger partial charge in [0.1, 0.15) is 0 Å². The minimum absolute atomic E-state index is 0.115. The number of hydrogen-bond donors (Lipinski definition) is 3. The molecule has 0 aliphatic rings. The van der Waals surface area contributed by atoms with E-state index in [1.54, 1.807) is 42.5 Å². The van der Waals surface area contributed by atoms with E-state index in [4.69, 9.17) is 16.7 Å². The van der Waals surface area contributed by atoms with Crippen molar-refractivity contribution < 1.29 is 23.4 Å². The summed E-state index contributed by atoms with van der Waals surface area (Å²) in [4.78, 5) is 11.1. The summed E-state index contributed by atoms with van der Waals surface area (Å²) in [6.07, 6.45) is 0.0185. The maximum absolute atomic E-state index is 12.7. The number of sulfone groups is 1. The molecule has 0 aromatic heterocycles. The molecule has 0 aliphatic heterocycles. The summed E-state index contributed by atoms with van der Waals surface area (Å²) in [7, 11) is -3.54. The van der Waals surface area contributed by atoms with Crippen molar-refractivity contribution in [1.82, 2.24) is 5.32 Å². The monoisotopic (exact) mass is 473 g/mol. The highest BCUT2D eigenvalue weighted by molar-refractivity contribution is 7.90. The van der Waals surface area contributed by atoms with Gasteiger partial charge in [-0.05, 0) is 66.1 Å². The van der Waals surface area contributed by atoms with Crippen LogP contribution in [0.1, 0.15) is 33.2 Å². The number of carboxylic acid groups (broad SMARTS) is 1. The molecule has 32 heavy (non-hydrogen) atoms. The van der Waals surface area contributed by atoms with E-state index in [0.717, 1.165) is 11.1 Å². The first-order valence-electron chi connectivity index (χ1n) is 10.0. The molecule has 0 fully saturated rings. The van der Waals surface area contributed by atoms with Gasteiger partial charge in [-0.2, -0.15) is 0 Å². The second-order valence-corrected chi connectivity index (χ2v) is 9.86. The van der Waals surface area contributed by atoms with Crippen molar-refractivity contribution in [1.29, 1.82) is 0 Å². The molecular weight excluding hydrogens is 450 g/mol. The number of aromatic carboxylic acids is 1. The van der Waals surface area contributed by atoms with Gasteiger partial charge in [0.15, 0.2) is 9.84 Å². The lowest BCUT2D eigenvalue weighted by atomic mass is 10.1. The number of carboxylic acids is 1. The van der Waals surface area contributed by atoms with E-state index < -0.39 is 21.9 Å². The fraction of sp³-hybridized carbons (Fsp3) is 0.208. The molecule has 6 nitrogen and oxygen atoms in total. The second-order valence-electron chi connectivity index (χ2n) is 7.43. The van der Waals surface area contributed by atoms with Crippen LogP contribution in [0.3, 0.4) is 0 Å². The molecule has 8 heteroatoms. The highest BCUT2D eigenvalue weighted by Crippen LogP contribution is 2.19. The third kappa shape index (κ3) is 6.64. The van der Waals surface area contributed by atoms with Crippen molar-refractivity contribution in [2.75, 3.05) is 13.1 Å². The number of hydrogen-bond acceptors (Lipinski definition) is 5. The Labute approximate surface area is 192 Å². The number of halogens is 1. The molecule has 0 bridgehead atoms. The van der Waals surface area contributed by atoms with Crippen LogP contribution in [0.25, 0.3) is 0 Å². The van der Waals surface area contributed by atoms with Gasteiger partial charge < -0.3 is 15.5 Å². The molecule has 0 saturated heterocycles. The molecule has 3 N–H and O–H groups in total. The Morgan fingerprint density at radius 3 is 2.25 bits per heavy atom. The average Bonchev–Trinajstić information content (AvgIpc) is 2.77. The Morgan fingerprint density at radius 2 is 1.62 bits per heavy atom. The number of benzene rings is 3. The van der Waals surface area contributed by atoms with Crippen molar-refractivity contribution in [2.45, 2.75) is 23.2 Å². The molecule has 0 saturated carbocycles. The summed E-state index contributed by atoms with van der Waals surface area (Å²) in [5, 5.41) is 22.9. The predicted octanol–water partition coefficient (Wildman–Crippen LogP) is 3.88. The fourth-order valence-corrected chi connectivity index (χ4v) is 4.76. The lowest BCUT2D eigenvalue weighted by Crippen LogP contribution is -2.23. The average molecular weight is 474 g/mol. The molecule has 0 aliphatic carbocycles. The summed E-state index contributed by atoms with van der Waals surface area (Å²) in [5.41, 5.74) is 2.36. The Hall–Kier alpha value is -2.71. The molecule has 3 aromatic carbocycles. The molecule has 0 unspecified atom stereocenters. The minimum atomic E-state index is -3.54. The number of aliphatic hydroxyl groups excluding tert-OH is 1. The van der Waals surface area contributed by atoms with Gasteiger partial charge in [-0.25, -0.2) is 13.2 Å². The molecule has 0 heterocycles. The van der Waals surface area contributed by atoms with Crippen molar-refractivity contribution in [3.8, 4) is 0 Å². The molecule has 0 amide bonds. The van der Waals surface area contributed by atoms with Gasteiger partial charge in [0.2, 0.25) is 0 Å². The van der Waals surface area contributed by atoms with Gasteiger partial charge in [-0.15, -0.1) is 0 Å². The number of aliphatic hydroxyl groups is 1. The van der Waals surface area contributed by atoms with Crippen LogP contribution < -0.4 is 5.32 Å². The van der Waals surface area contributed by atoms with E-state index >= 15 is 0 Å². The van der Waals surface area contributed by atoms with Crippen LogP contribution in [0.2, 0.25) is 5.02 Å². The second kappa shape index (κ2) is 10.7. The Balaban J connectivity index is 1.51. The zero-order valence-electron chi connectivity index (χ0n) is 17.2. The smallest absolute Gasteiger partial charge is 0.335 e. The van der Waals surface area contributed by atoms with Crippen molar-refractivity contribution >= 4 is 27.4 Å². The molecular formula is C24H24ClNO5S. The standard InChI is InChI=1S/C24H24ClNO5S/c25-21-3-1-2-20(14-21)23(27)15-26-13-12-17-6-10-22(11-7-17)32(30,31)16-18-4-8-19(9-5-18)24(28)29/h1-11,14,23,26-27H,12-13,15-16H2,(H,28,29)/t23-/m0/s1. The van der Waals surface area contributed by atoms with Gasteiger partial charge in [0.25, 0.3) is 0 Å². The predicted molar refractivity (Wildman–Crippen MR) is 124 cm³/mol. The molecule has 3 rings (SSSR count). The zero-order chi connectivity index (χ0) is 23.1. The molecule has 0 spiro atoms. The van der Waals surface area contributed by atoms with Crippen molar-refractivity contribution in [2.24, 2.45) is 0 Å². The van der Waals surface area contributed by atoms with Crippen LogP contribution in [0.4, 0.5) is 0 Å². The summed E-state index contributed by atoms with van der Waals surface area (Å²) >= 11 is 5.94. The van der Waals surface area contributed by atoms with Crippen LogP contribution in [0.15, 0.2) is 77.7 Å². The fourth-order valence-electron chi connectivity index (χ4n) is 3.21. The van der Waals surface area contributed by atoms with Gasteiger partial charge in [-0.1, -0.05) is 48.0 Å².